The van der Waals surface area contributed by atoms with Crippen LogP contribution in [0.15, 0.2) is 48.5 Å². The van der Waals surface area contributed by atoms with Gasteiger partial charge in [0, 0.05) is 38.3 Å². The predicted molar refractivity (Wildman–Crippen MR) is 130 cm³/mol. The van der Waals surface area contributed by atoms with Crippen LogP contribution in [0.25, 0.3) is 11.0 Å². The van der Waals surface area contributed by atoms with Crippen molar-refractivity contribution in [3.8, 4) is 0 Å². The van der Waals surface area contributed by atoms with Crippen LogP contribution in [0.5, 0.6) is 0 Å². The number of rotatable bonds is 8. The van der Waals surface area contributed by atoms with Gasteiger partial charge in [-0.2, -0.15) is 0 Å². The number of aliphatic hydroxyl groups is 1. The number of nitrogens with one attached hydrogen (secondary N) is 2. The first kappa shape index (κ1) is 21.9. The number of hydrogen-bond donors (Lipinski definition) is 3. The van der Waals surface area contributed by atoms with Gasteiger partial charge in [0.25, 0.3) is 5.91 Å². The molecule has 1 aromatic heterocycles. The molecular formula is C26H33N5O2. The minimum absolute atomic E-state index is 0.0154. The van der Waals surface area contributed by atoms with Crippen molar-refractivity contribution in [3.63, 3.8) is 0 Å². The zero-order valence-electron chi connectivity index (χ0n) is 19.3. The molecule has 1 amide bonds. The van der Waals surface area contributed by atoms with Crippen LogP contribution in [0.1, 0.15) is 41.6 Å². The van der Waals surface area contributed by atoms with E-state index in [1.54, 1.807) is 0 Å². The molecule has 2 aliphatic rings. The lowest BCUT2D eigenvalue weighted by Gasteiger charge is -2.32. The lowest BCUT2D eigenvalue weighted by Crippen LogP contribution is -2.40. The van der Waals surface area contributed by atoms with E-state index in [4.69, 9.17) is 4.98 Å². The highest BCUT2D eigenvalue weighted by Gasteiger charge is 2.43. The van der Waals surface area contributed by atoms with Gasteiger partial charge >= 0.3 is 0 Å². The van der Waals surface area contributed by atoms with Crippen LogP contribution in [0.4, 0.5) is 5.95 Å². The smallest absolute Gasteiger partial charge is 0.251 e. The van der Waals surface area contributed by atoms with Crippen LogP contribution in [-0.2, 0) is 13.5 Å². The van der Waals surface area contributed by atoms with Crippen LogP contribution in [0, 0.1) is 0 Å². The Labute approximate surface area is 194 Å². The van der Waals surface area contributed by atoms with Gasteiger partial charge in [0.1, 0.15) is 0 Å². The van der Waals surface area contributed by atoms with Crippen LogP contribution in [0.3, 0.4) is 0 Å². The van der Waals surface area contributed by atoms with Gasteiger partial charge in [-0.15, -0.1) is 0 Å². The number of likely N-dealkylation sites (tertiary alicyclic amines) is 1. The van der Waals surface area contributed by atoms with Crippen molar-refractivity contribution in [2.75, 3.05) is 31.6 Å². The van der Waals surface area contributed by atoms with Gasteiger partial charge in [0.15, 0.2) is 0 Å². The molecule has 2 fully saturated rings. The monoisotopic (exact) mass is 447 g/mol. The van der Waals surface area contributed by atoms with Crippen molar-refractivity contribution >= 4 is 22.9 Å². The number of hydrogen-bond acceptors (Lipinski definition) is 5. The summed E-state index contributed by atoms with van der Waals surface area (Å²) in [6, 6.07) is 16.6. The van der Waals surface area contributed by atoms with Crippen molar-refractivity contribution in [1.29, 1.82) is 0 Å². The number of aromatic nitrogens is 2. The third-order valence-electron chi connectivity index (χ3n) is 7.18. The maximum Gasteiger partial charge on any atom is 0.251 e. The highest BCUT2D eigenvalue weighted by atomic mass is 16.3. The number of benzene rings is 2. The van der Waals surface area contributed by atoms with E-state index in [2.05, 4.69) is 45.3 Å². The Morgan fingerprint density at radius 3 is 2.52 bits per heavy atom. The van der Waals surface area contributed by atoms with Gasteiger partial charge in [-0.25, -0.2) is 4.98 Å². The van der Waals surface area contributed by atoms with E-state index in [1.807, 2.05) is 30.3 Å². The number of imidazole rings is 1. The standard InChI is InChI=1S/C26H33N5O2/c1-30-23-5-3-2-4-22(23)28-25(30)27-21-11-16-31(17-12-21)15-10-19-6-8-20(9-7-19)24(33)29-26(18-32)13-14-26/h2-9,21,32H,10-18H2,1H3,(H,27,28)(H,29,33). The van der Waals surface area contributed by atoms with Gasteiger partial charge < -0.3 is 25.2 Å². The minimum atomic E-state index is -0.375. The number of piperidine rings is 1. The SMILES string of the molecule is Cn1c(NC2CCN(CCc3ccc(C(=O)NC4(CO)CC4)cc3)CC2)nc2ccccc21. The van der Waals surface area contributed by atoms with E-state index < -0.39 is 0 Å². The van der Waals surface area contributed by atoms with Crippen LogP contribution < -0.4 is 10.6 Å². The molecule has 1 aliphatic heterocycles. The number of anilines is 1. The number of aryl methyl sites for hydroxylation is 1. The quantitative estimate of drug-likeness (QED) is 0.495. The van der Waals surface area contributed by atoms with Crippen molar-refractivity contribution in [3.05, 3.63) is 59.7 Å². The average Bonchev–Trinajstić information content (AvgIpc) is 3.56. The summed E-state index contributed by atoms with van der Waals surface area (Å²) in [7, 11) is 2.07. The van der Waals surface area contributed by atoms with Crippen LogP contribution >= 0.6 is 0 Å². The molecule has 0 radical (unpaired) electrons. The highest BCUT2D eigenvalue weighted by molar-refractivity contribution is 5.95. The molecule has 0 atom stereocenters. The van der Waals surface area contributed by atoms with Crippen molar-refractivity contribution in [1.82, 2.24) is 19.8 Å². The van der Waals surface area contributed by atoms with Crippen molar-refractivity contribution < 1.29 is 9.90 Å². The van der Waals surface area contributed by atoms with E-state index in [0.29, 0.717) is 11.6 Å². The lowest BCUT2D eigenvalue weighted by atomic mass is 10.0. The molecule has 7 heteroatoms. The normalized spacial score (nSPS) is 18.4. The maximum atomic E-state index is 12.4. The Hall–Kier alpha value is -2.90. The Balaban J connectivity index is 1.08. The van der Waals surface area contributed by atoms with Gasteiger partial charge in [-0.1, -0.05) is 24.3 Å². The Morgan fingerprint density at radius 2 is 1.85 bits per heavy atom. The van der Waals surface area contributed by atoms with E-state index in [-0.39, 0.29) is 18.1 Å². The number of nitrogens with zero attached hydrogens (tertiary/aromatic N) is 3. The summed E-state index contributed by atoms with van der Waals surface area (Å²) < 4.78 is 2.14. The number of carbonyl (C=O) groups excluding carboxylic acids is 1. The molecule has 174 valence electrons. The maximum absolute atomic E-state index is 12.4. The largest absolute Gasteiger partial charge is 0.394 e. The third kappa shape index (κ3) is 4.89. The molecule has 0 spiro atoms. The van der Waals surface area contributed by atoms with Gasteiger partial charge in [-0.3, -0.25) is 4.79 Å². The Kier molecular flexibility index (Phi) is 6.08. The first-order valence-corrected chi connectivity index (χ1v) is 12.0. The fourth-order valence-electron chi connectivity index (χ4n) is 4.65. The summed E-state index contributed by atoms with van der Waals surface area (Å²) in [6.45, 7) is 3.19. The minimum Gasteiger partial charge on any atom is -0.394 e. The van der Waals surface area contributed by atoms with E-state index in [1.165, 1.54) is 5.56 Å². The first-order chi connectivity index (χ1) is 16.0. The van der Waals surface area contributed by atoms with Crippen molar-refractivity contribution in [2.24, 2.45) is 7.05 Å². The summed E-state index contributed by atoms with van der Waals surface area (Å²) in [5.41, 5.74) is 3.72. The number of para-hydroxylation sites is 2. The summed E-state index contributed by atoms with van der Waals surface area (Å²) in [5.74, 6) is 0.855. The fourth-order valence-corrected chi connectivity index (χ4v) is 4.65. The zero-order valence-corrected chi connectivity index (χ0v) is 19.3. The second-order valence-electron chi connectivity index (χ2n) is 9.58. The lowest BCUT2D eigenvalue weighted by molar-refractivity contribution is 0.0907. The second kappa shape index (κ2) is 9.15. The fraction of sp³-hybridized carbons (Fsp3) is 0.462. The van der Waals surface area contributed by atoms with Crippen molar-refractivity contribution in [2.45, 2.75) is 43.7 Å². The predicted octanol–water partition coefficient (Wildman–Crippen LogP) is 2.95. The molecule has 33 heavy (non-hydrogen) atoms. The topological polar surface area (TPSA) is 82.4 Å². The molecule has 0 bridgehead atoms. The summed E-state index contributed by atoms with van der Waals surface area (Å²) in [5, 5.41) is 16.0. The first-order valence-electron chi connectivity index (χ1n) is 12.0. The van der Waals surface area contributed by atoms with Crippen LogP contribution in [0.2, 0.25) is 0 Å². The third-order valence-corrected chi connectivity index (χ3v) is 7.18. The van der Waals surface area contributed by atoms with E-state index in [0.717, 1.165) is 68.7 Å². The highest BCUT2D eigenvalue weighted by Crippen LogP contribution is 2.34. The molecule has 2 aromatic carbocycles. The summed E-state index contributed by atoms with van der Waals surface area (Å²) >= 11 is 0. The van der Waals surface area contributed by atoms with Crippen LogP contribution in [-0.4, -0.2) is 63.3 Å². The molecule has 0 unspecified atom stereocenters. The molecular weight excluding hydrogens is 414 g/mol. The number of carbonyl (C=O) groups is 1. The molecule has 1 saturated carbocycles. The average molecular weight is 448 g/mol. The zero-order chi connectivity index (χ0) is 22.8. The second-order valence-corrected chi connectivity index (χ2v) is 9.58. The summed E-state index contributed by atoms with van der Waals surface area (Å²) in [6.07, 6.45) is 4.91. The van der Waals surface area contributed by atoms with Gasteiger partial charge in [0.05, 0.1) is 23.2 Å². The molecule has 2 heterocycles. The molecule has 1 saturated heterocycles. The number of aliphatic hydroxyl groups excluding tert-OH is 1. The molecule has 3 aromatic rings. The van der Waals surface area contributed by atoms with E-state index >= 15 is 0 Å². The molecule has 5 rings (SSSR count). The molecule has 3 N–H and O–H groups in total. The summed E-state index contributed by atoms with van der Waals surface area (Å²) in [4.78, 5) is 19.6. The van der Waals surface area contributed by atoms with E-state index in [9.17, 15) is 9.90 Å². The van der Waals surface area contributed by atoms with Gasteiger partial charge in [0.2, 0.25) is 5.95 Å². The molecule has 7 nitrogen and oxygen atoms in total. The Morgan fingerprint density at radius 1 is 1.12 bits per heavy atom. The van der Waals surface area contributed by atoms with Gasteiger partial charge in [-0.05, 0) is 61.9 Å². The molecule has 1 aliphatic carbocycles. The Bertz CT molecular complexity index is 1110. The number of fused-ring (bicyclic) bond motifs is 1. The number of amides is 1.